The number of nitrogens with zero attached hydrogens (tertiary/aromatic N) is 1. The van der Waals surface area contributed by atoms with Crippen LogP contribution in [-0.2, 0) is 0 Å². The Kier molecular flexibility index (Phi) is 3.19. The quantitative estimate of drug-likeness (QED) is 0.880. The maximum absolute atomic E-state index is 10.9. The van der Waals surface area contributed by atoms with E-state index in [0.29, 0.717) is 17.0 Å². The van der Waals surface area contributed by atoms with Crippen molar-refractivity contribution in [1.82, 2.24) is 0 Å². The van der Waals surface area contributed by atoms with Crippen molar-refractivity contribution in [3.8, 4) is 0 Å². The van der Waals surface area contributed by atoms with Crippen molar-refractivity contribution in [2.75, 3.05) is 4.90 Å². The van der Waals surface area contributed by atoms with Crippen LogP contribution < -0.4 is 4.90 Å². The molecule has 4 heteroatoms. The van der Waals surface area contributed by atoms with E-state index in [9.17, 15) is 4.79 Å². The fourth-order valence-corrected chi connectivity index (χ4v) is 3.47. The van der Waals surface area contributed by atoms with Crippen LogP contribution in [0.1, 0.15) is 42.8 Å². The minimum absolute atomic E-state index is 0.434. The van der Waals surface area contributed by atoms with Crippen LogP contribution in [0.15, 0.2) is 12.1 Å². The van der Waals surface area contributed by atoms with Gasteiger partial charge in [-0.25, -0.2) is 4.79 Å². The Morgan fingerprint density at radius 3 is 2.88 bits per heavy atom. The highest BCUT2D eigenvalue weighted by molar-refractivity contribution is 7.17. The number of aromatic carboxylic acids is 1. The summed E-state index contributed by atoms with van der Waals surface area (Å²) >= 11 is 1.39. The number of rotatable bonds is 3. The SMILES string of the molecule is CCC1CCC(C)N1c1ccc(C(=O)O)s1. The van der Waals surface area contributed by atoms with Gasteiger partial charge >= 0.3 is 5.97 Å². The van der Waals surface area contributed by atoms with E-state index in [1.807, 2.05) is 6.07 Å². The summed E-state index contributed by atoms with van der Waals surface area (Å²) in [4.78, 5) is 13.7. The van der Waals surface area contributed by atoms with E-state index in [0.717, 1.165) is 11.4 Å². The smallest absolute Gasteiger partial charge is 0.345 e. The van der Waals surface area contributed by atoms with Gasteiger partial charge in [-0.1, -0.05) is 6.92 Å². The summed E-state index contributed by atoms with van der Waals surface area (Å²) in [6.07, 6.45) is 3.56. The van der Waals surface area contributed by atoms with Gasteiger partial charge < -0.3 is 10.0 Å². The topological polar surface area (TPSA) is 40.5 Å². The van der Waals surface area contributed by atoms with Gasteiger partial charge in [-0.15, -0.1) is 11.3 Å². The van der Waals surface area contributed by atoms with E-state index in [4.69, 9.17) is 5.11 Å². The van der Waals surface area contributed by atoms with Gasteiger partial charge in [-0.3, -0.25) is 0 Å². The van der Waals surface area contributed by atoms with Crippen LogP contribution in [0.25, 0.3) is 0 Å². The number of thiophene rings is 1. The molecule has 1 saturated heterocycles. The first-order chi connectivity index (χ1) is 7.63. The van der Waals surface area contributed by atoms with Gasteiger partial charge in [0.15, 0.2) is 0 Å². The van der Waals surface area contributed by atoms with E-state index >= 15 is 0 Å². The molecule has 16 heavy (non-hydrogen) atoms. The van der Waals surface area contributed by atoms with Crippen LogP contribution in [0.2, 0.25) is 0 Å². The van der Waals surface area contributed by atoms with Gasteiger partial charge in [-0.05, 0) is 38.3 Å². The van der Waals surface area contributed by atoms with Crippen molar-refractivity contribution in [2.24, 2.45) is 0 Å². The lowest BCUT2D eigenvalue weighted by Crippen LogP contribution is -2.33. The highest BCUT2D eigenvalue weighted by atomic mass is 32.1. The average molecular weight is 239 g/mol. The molecule has 2 atom stereocenters. The van der Waals surface area contributed by atoms with E-state index in [1.165, 1.54) is 24.2 Å². The normalized spacial score (nSPS) is 25.0. The van der Waals surface area contributed by atoms with Crippen molar-refractivity contribution < 1.29 is 9.90 Å². The Morgan fingerprint density at radius 2 is 2.31 bits per heavy atom. The zero-order valence-corrected chi connectivity index (χ0v) is 10.5. The summed E-state index contributed by atoms with van der Waals surface area (Å²) in [5.41, 5.74) is 0. The van der Waals surface area contributed by atoms with Gasteiger partial charge in [0.2, 0.25) is 0 Å². The molecule has 1 aromatic heterocycles. The summed E-state index contributed by atoms with van der Waals surface area (Å²) in [5.74, 6) is -0.823. The minimum Gasteiger partial charge on any atom is -0.477 e. The lowest BCUT2D eigenvalue weighted by Gasteiger charge is -2.28. The molecule has 3 nitrogen and oxygen atoms in total. The van der Waals surface area contributed by atoms with Crippen molar-refractivity contribution in [1.29, 1.82) is 0 Å². The van der Waals surface area contributed by atoms with Gasteiger partial charge in [0.1, 0.15) is 4.88 Å². The van der Waals surface area contributed by atoms with Crippen LogP contribution in [0.4, 0.5) is 5.00 Å². The molecule has 0 spiro atoms. The average Bonchev–Trinajstić information content (AvgIpc) is 2.83. The summed E-state index contributed by atoms with van der Waals surface area (Å²) in [6, 6.07) is 4.76. The van der Waals surface area contributed by atoms with E-state index < -0.39 is 5.97 Å². The molecule has 1 N–H and O–H groups in total. The third kappa shape index (κ3) is 1.94. The molecule has 0 aliphatic carbocycles. The molecule has 1 aliphatic rings. The Morgan fingerprint density at radius 1 is 1.56 bits per heavy atom. The van der Waals surface area contributed by atoms with Crippen molar-refractivity contribution >= 4 is 22.3 Å². The molecular weight excluding hydrogens is 222 g/mol. The summed E-state index contributed by atoms with van der Waals surface area (Å²) in [6.45, 7) is 4.41. The Bertz CT molecular complexity index is 388. The third-order valence-corrected chi connectivity index (χ3v) is 4.40. The maximum Gasteiger partial charge on any atom is 0.345 e. The molecule has 0 saturated carbocycles. The Hall–Kier alpha value is -1.03. The van der Waals surface area contributed by atoms with Crippen molar-refractivity contribution in [3.63, 3.8) is 0 Å². The van der Waals surface area contributed by atoms with Crippen LogP contribution in [0, 0.1) is 0 Å². The molecule has 2 rings (SSSR count). The number of carboxylic acids is 1. The van der Waals surface area contributed by atoms with Crippen LogP contribution in [0.3, 0.4) is 0 Å². The Balaban J connectivity index is 2.24. The summed E-state index contributed by atoms with van der Waals surface area (Å²) in [7, 11) is 0. The van der Waals surface area contributed by atoms with Gasteiger partial charge in [0, 0.05) is 12.1 Å². The molecule has 0 amide bonds. The zero-order chi connectivity index (χ0) is 11.7. The second kappa shape index (κ2) is 4.45. The van der Waals surface area contributed by atoms with E-state index in [-0.39, 0.29) is 0 Å². The number of carboxylic acid groups (broad SMARTS) is 1. The van der Waals surface area contributed by atoms with Crippen LogP contribution in [0.5, 0.6) is 0 Å². The number of carbonyl (C=O) groups is 1. The lowest BCUT2D eigenvalue weighted by atomic mass is 10.2. The van der Waals surface area contributed by atoms with Gasteiger partial charge in [-0.2, -0.15) is 0 Å². The molecule has 0 radical (unpaired) electrons. The van der Waals surface area contributed by atoms with Gasteiger partial charge in [0.25, 0.3) is 0 Å². The summed E-state index contributed by atoms with van der Waals surface area (Å²) in [5, 5.41) is 10.0. The molecule has 1 fully saturated rings. The molecule has 0 aromatic carbocycles. The van der Waals surface area contributed by atoms with E-state index in [1.54, 1.807) is 6.07 Å². The van der Waals surface area contributed by atoms with Crippen molar-refractivity contribution in [2.45, 2.75) is 45.2 Å². The fourth-order valence-electron chi connectivity index (χ4n) is 2.45. The molecule has 2 unspecified atom stereocenters. The largest absolute Gasteiger partial charge is 0.477 e. The van der Waals surface area contributed by atoms with Crippen LogP contribution >= 0.6 is 11.3 Å². The number of anilines is 1. The predicted octanol–water partition coefficient (Wildman–Crippen LogP) is 3.21. The van der Waals surface area contributed by atoms with Gasteiger partial charge in [0.05, 0.1) is 5.00 Å². The number of hydrogen-bond acceptors (Lipinski definition) is 3. The second-order valence-electron chi connectivity index (χ2n) is 4.34. The zero-order valence-electron chi connectivity index (χ0n) is 9.64. The molecule has 88 valence electrons. The third-order valence-electron chi connectivity index (χ3n) is 3.31. The predicted molar refractivity (Wildman–Crippen MR) is 66.5 cm³/mol. The standard InChI is InChI=1S/C12H17NO2S/c1-3-9-5-4-8(2)13(9)11-7-6-10(16-11)12(14)15/h6-9H,3-5H2,1-2H3,(H,14,15). The minimum atomic E-state index is -0.823. The van der Waals surface area contributed by atoms with Crippen molar-refractivity contribution in [3.05, 3.63) is 17.0 Å². The molecule has 2 heterocycles. The first-order valence-corrected chi connectivity index (χ1v) is 6.56. The molecule has 0 bridgehead atoms. The highest BCUT2D eigenvalue weighted by Crippen LogP contribution is 2.36. The first kappa shape index (κ1) is 11.5. The number of hydrogen-bond donors (Lipinski definition) is 1. The second-order valence-corrected chi connectivity index (χ2v) is 5.40. The maximum atomic E-state index is 10.9. The molecular formula is C12H17NO2S. The summed E-state index contributed by atoms with van der Waals surface area (Å²) < 4.78 is 0. The molecule has 1 aliphatic heterocycles. The van der Waals surface area contributed by atoms with Crippen LogP contribution in [-0.4, -0.2) is 23.2 Å². The highest BCUT2D eigenvalue weighted by Gasteiger charge is 2.30. The first-order valence-electron chi connectivity index (χ1n) is 5.75. The monoisotopic (exact) mass is 239 g/mol. The fraction of sp³-hybridized carbons (Fsp3) is 0.583. The molecule has 1 aromatic rings. The Labute approximate surface area is 99.7 Å². The lowest BCUT2D eigenvalue weighted by molar-refractivity contribution is 0.0702. The van der Waals surface area contributed by atoms with E-state index in [2.05, 4.69) is 18.7 Å².